The van der Waals surface area contributed by atoms with Gasteiger partial charge < -0.3 is 15.5 Å². The average molecular weight is 350 g/mol. The predicted molar refractivity (Wildman–Crippen MR) is 106 cm³/mol. The third-order valence-corrected chi connectivity index (χ3v) is 4.50. The lowest BCUT2D eigenvalue weighted by atomic mass is 10.1. The molecular weight excluding hydrogens is 324 g/mol. The molecule has 5 nitrogen and oxygen atoms in total. The minimum atomic E-state index is 0.0638. The van der Waals surface area contributed by atoms with E-state index >= 15 is 0 Å². The molecule has 1 amide bonds. The molecule has 0 atom stereocenters. The van der Waals surface area contributed by atoms with E-state index in [9.17, 15) is 4.79 Å². The van der Waals surface area contributed by atoms with Gasteiger partial charge in [0.2, 0.25) is 5.91 Å². The maximum Gasteiger partial charge on any atom is 0.224 e. The van der Waals surface area contributed by atoms with Gasteiger partial charge in [-0.1, -0.05) is 31.0 Å². The van der Waals surface area contributed by atoms with E-state index in [1.54, 1.807) is 0 Å². The molecule has 0 saturated heterocycles. The van der Waals surface area contributed by atoms with E-state index in [4.69, 9.17) is 10.7 Å². The molecule has 0 saturated carbocycles. The van der Waals surface area contributed by atoms with Gasteiger partial charge in [-0.05, 0) is 50.1 Å². The van der Waals surface area contributed by atoms with Gasteiger partial charge in [-0.25, -0.2) is 4.98 Å². The molecule has 0 aliphatic heterocycles. The summed E-state index contributed by atoms with van der Waals surface area (Å²) in [6.45, 7) is 2.78. The first-order valence-corrected chi connectivity index (χ1v) is 9.22. The molecular formula is C21H26N4O. The zero-order valence-electron chi connectivity index (χ0n) is 15.2. The minimum Gasteiger partial charge on any atom is -0.330 e. The van der Waals surface area contributed by atoms with Crippen LogP contribution >= 0.6 is 0 Å². The quantitative estimate of drug-likeness (QED) is 0.599. The van der Waals surface area contributed by atoms with Crippen LogP contribution in [0.3, 0.4) is 0 Å². The highest BCUT2D eigenvalue weighted by Gasteiger charge is 2.07. The lowest BCUT2D eigenvalue weighted by Gasteiger charge is -2.06. The Morgan fingerprint density at radius 2 is 1.88 bits per heavy atom. The molecule has 136 valence electrons. The summed E-state index contributed by atoms with van der Waals surface area (Å²) < 4.78 is 2.03. The number of carbonyl (C=O) groups excluding carboxylic acids is 1. The molecule has 0 bridgehead atoms. The Kier molecular flexibility index (Phi) is 6.02. The molecule has 2 heterocycles. The number of amides is 1. The molecule has 3 N–H and O–H groups in total. The van der Waals surface area contributed by atoms with E-state index in [2.05, 4.69) is 18.3 Å². The third kappa shape index (κ3) is 4.49. The molecule has 2 aromatic heterocycles. The number of fused-ring (bicyclic) bond motifs is 1. The molecule has 26 heavy (non-hydrogen) atoms. The maximum atomic E-state index is 12.0. The van der Waals surface area contributed by atoms with E-state index in [0.29, 0.717) is 6.42 Å². The van der Waals surface area contributed by atoms with Crippen LogP contribution in [-0.4, -0.2) is 21.8 Å². The molecule has 0 radical (unpaired) electrons. The van der Waals surface area contributed by atoms with Crippen molar-refractivity contribution in [2.24, 2.45) is 5.73 Å². The van der Waals surface area contributed by atoms with Crippen LogP contribution in [0, 0.1) is 6.92 Å². The van der Waals surface area contributed by atoms with E-state index in [1.807, 2.05) is 47.1 Å². The Morgan fingerprint density at radius 3 is 2.62 bits per heavy atom. The van der Waals surface area contributed by atoms with Crippen molar-refractivity contribution >= 4 is 17.2 Å². The molecule has 0 aliphatic rings. The zero-order chi connectivity index (χ0) is 18.4. The zero-order valence-corrected chi connectivity index (χ0v) is 15.2. The Morgan fingerprint density at radius 1 is 1.12 bits per heavy atom. The largest absolute Gasteiger partial charge is 0.330 e. The van der Waals surface area contributed by atoms with Crippen molar-refractivity contribution < 1.29 is 4.79 Å². The number of nitrogens with one attached hydrogen (secondary N) is 1. The minimum absolute atomic E-state index is 0.0638. The number of carbonyl (C=O) groups is 1. The van der Waals surface area contributed by atoms with Gasteiger partial charge in [0, 0.05) is 30.1 Å². The molecule has 0 unspecified atom stereocenters. The number of unbranched alkanes of at least 4 members (excludes halogenated alkanes) is 3. The summed E-state index contributed by atoms with van der Waals surface area (Å²) in [4.78, 5) is 16.7. The van der Waals surface area contributed by atoms with Gasteiger partial charge in [0.05, 0.1) is 5.69 Å². The first-order chi connectivity index (χ1) is 12.7. The molecule has 0 fully saturated rings. The fourth-order valence-electron chi connectivity index (χ4n) is 3.02. The summed E-state index contributed by atoms with van der Waals surface area (Å²) in [5.74, 6) is 0.0638. The average Bonchev–Trinajstić information content (AvgIpc) is 3.08. The van der Waals surface area contributed by atoms with Crippen LogP contribution in [0.25, 0.3) is 16.9 Å². The summed E-state index contributed by atoms with van der Waals surface area (Å²) in [5, 5.41) is 2.96. The normalized spacial score (nSPS) is 11.0. The lowest BCUT2D eigenvalue weighted by Crippen LogP contribution is -2.11. The summed E-state index contributed by atoms with van der Waals surface area (Å²) in [6.07, 6.45) is 8.67. The molecule has 0 spiro atoms. The SMILES string of the molecule is Cc1cccn2cc(-c3ccc(NC(=O)CCCCCCN)cc3)nc12. The summed E-state index contributed by atoms with van der Waals surface area (Å²) >= 11 is 0. The number of nitrogens with two attached hydrogens (primary N) is 1. The topological polar surface area (TPSA) is 72.4 Å². The number of pyridine rings is 1. The van der Waals surface area contributed by atoms with Gasteiger partial charge >= 0.3 is 0 Å². The van der Waals surface area contributed by atoms with E-state index in [1.165, 1.54) is 0 Å². The van der Waals surface area contributed by atoms with Crippen molar-refractivity contribution in [1.29, 1.82) is 0 Å². The van der Waals surface area contributed by atoms with Crippen LogP contribution < -0.4 is 11.1 Å². The number of hydrogen-bond acceptors (Lipinski definition) is 3. The number of nitrogens with zero attached hydrogens (tertiary/aromatic N) is 2. The van der Waals surface area contributed by atoms with Crippen molar-refractivity contribution in [2.75, 3.05) is 11.9 Å². The van der Waals surface area contributed by atoms with Gasteiger partial charge in [-0.15, -0.1) is 0 Å². The van der Waals surface area contributed by atoms with Crippen LogP contribution in [0.5, 0.6) is 0 Å². The number of aryl methyl sites for hydroxylation is 1. The highest BCUT2D eigenvalue weighted by atomic mass is 16.1. The monoisotopic (exact) mass is 350 g/mol. The molecule has 0 aliphatic carbocycles. The number of benzene rings is 1. The number of hydrogen-bond donors (Lipinski definition) is 2. The third-order valence-electron chi connectivity index (χ3n) is 4.50. The Bertz CT molecular complexity index is 867. The standard InChI is InChI=1S/C21H26N4O/c1-16-7-6-14-25-15-19(24-21(16)25)17-9-11-18(12-10-17)23-20(26)8-4-2-3-5-13-22/h6-7,9-12,14-15H,2-5,8,13,22H2,1H3,(H,23,26). The second-order valence-electron chi connectivity index (χ2n) is 6.63. The molecule has 3 rings (SSSR count). The van der Waals surface area contributed by atoms with Crippen LogP contribution in [0.15, 0.2) is 48.8 Å². The Hall–Kier alpha value is -2.66. The van der Waals surface area contributed by atoms with Gasteiger partial charge in [-0.3, -0.25) is 4.79 Å². The van der Waals surface area contributed by atoms with E-state index in [-0.39, 0.29) is 5.91 Å². The van der Waals surface area contributed by atoms with Gasteiger partial charge in [0.1, 0.15) is 5.65 Å². The van der Waals surface area contributed by atoms with Gasteiger partial charge in [0.25, 0.3) is 0 Å². The molecule has 5 heteroatoms. The molecule has 3 aromatic rings. The van der Waals surface area contributed by atoms with E-state index in [0.717, 1.165) is 60.4 Å². The van der Waals surface area contributed by atoms with Crippen LogP contribution in [0.1, 0.15) is 37.7 Å². The van der Waals surface area contributed by atoms with Gasteiger partial charge in [-0.2, -0.15) is 0 Å². The lowest BCUT2D eigenvalue weighted by molar-refractivity contribution is -0.116. The highest BCUT2D eigenvalue weighted by molar-refractivity contribution is 5.90. The summed E-state index contributed by atoms with van der Waals surface area (Å²) in [5.41, 5.74) is 10.4. The first-order valence-electron chi connectivity index (χ1n) is 9.22. The van der Waals surface area contributed by atoms with Crippen LogP contribution in [-0.2, 0) is 4.79 Å². The maximum absolute atomic E-state index is 12.0. The van der Waals surface area contributed by atoms with Gasteiger partial charge in [0.15, 0.2) is 0 Å². The summed E-state index contributed by atoms with van der Waals surface area (Å²) in [7, 11) is 0. The van der Waals surface area contributed by atoms with Crippen LogP contribution in [0.2, 0.25) is 0 Å². The summed E-state index contributed by atoms with van der Waals surface area (Å²) in [6, 6.07) is 11.9. The van der Waals surface area contributed by atoms with Crippen LogP contribution in [0.4, 0.5) is 5.69 Å². The number of imidazole rings is 1. The molecule has 1 aromatic carbocycles. The fourth-order valence-corrected chi connectivity index (χ4v) is 3.02. The van der Waals surface area contributed by atoms with Crippen molar-refractivity contribution in [3.05, 3.63) is 54.4 Å². The second kappa shape index (κ2) is 8.63. The smallest absolute Gasteiger partial charge is 0.224 e. The number of anilines is 1. The number of rotatable bonds is 8. The Balaban J connectivity index is 1.59. The highest BCUT2D eigenvalue weighted by Crippen LogP contribution is 2.22. The van der Waals surface area contributed by atoms with Crippen molar-refractivity contribution in [2.45, 2.75) is 39.0 Å². The Labute approximate surface area is 154 Å². The van der Waals surface area contributed by atoms with Crippen molar-refractivity contribution in [3.8, 4) is 11.3 Å². The first kappa shape index (κ1) is 18.1. The fraction of sp³-hybridized carbons (Fsp3) is 0.333. The second-order valence-corrected chi connectivity index (χ2v) is 6.63. The van der Waals surface area contributed by atoms with Crippen molar-refractivity contribution in [3.63, 3.8) is 0 Å². The predicted octanol–water partition coefficient (Wildman–Crippen LogP) is 4.16. The number of aromatic nitrogens is 2. The van der Waals surface area contributed by atoms with Crippen molar-refractivity contribution in [1.82, 2.24) is 9.38 Å². The van der Waals surface area contributed by atoms with E-state index < -0.39 is 0 Å².